The predicted molar refractivity (Wildman–Crippen MR) is 98.0 cm³/mol. The minimum absolute atomic E-state index is 0.211. The number of benzene rings is 2. The Morgan fingerprint density at radius 2 is 1.70 bits per heavy atom. The summed E-state index contributed by atoms with van der Waals surface area (Å²) in [5.41, 5.74) is 1.43. The van der Waals surface area contributed by atoms with Crippen LogP contribution in [0.5, 0.6) is 5.75 Å². The highest BCUT2D eigenvalue weighted by molar-refractivity contribution is 5.79. The molecule has 9 heteroatoms. The lowest BCUT2D eigenvalue weighted by Gasteiger charge is -2.13. The number of hydrogen-bond acceptors (Lipinski definition) is 8. The molecule has 0 bridgehead atoms. The third-order valence-electron chi connectivity index (χ3n) is 3.65. The Morgan fingerprint density at radius 3 is 2.44 bits per heavy atom. The van der Waals surface area contributed by atoms with Gasteiger partial charge < -0.3 is 15.4 Å². The number of nitrogens with one attached hydrogen (secondary N) is 2. The maximum Gasteiger partial charge on any atom is 0.245 e. The van der Waals surface area contributed by atoms with Crippen LogP contribution in [0.4, 0.5) is 27.4 Å². The van der Waals surface area contributed by atoms with Crippen LogP contribution in [0, 0.1) is 5.82 Å². The number of fused-ring (bicyclic) bond motifs is 1. The van der Waals surface area contributed by atoms with Gasteiger partial charge in [-0.3, -0.25) is 0 Å². The summed E-state index contributed by atoms with van der Waals surface area (Å²) in [4.78, 5) is 8.69. The van der Waals surface area contributed by atoms with E-state index in [2.05, 4.69) is 35.5 Å². The molecule has 0 amide bonds. The highest BCUT2D eigenvalue weighted by Crippen LogP contribution is 2.28. The highest BCUT2D eigenvalue weighted by Gasteiger charge is 2.15. The third-order valence-corrected chi connectivity index (χ3v) is 3.65. The summed E-state index contributed by atoms with van der Waals surface area (Å²) in [7, 11) is 0. The number of nitrogens with zero attached hydrogens (tertiary/aromatic N) is 4. The molecule has 0 unspecified atom stereocenters. The number of aromatic nitrogens is 4. The van der Waals surface area contributed by atoms with E-state index in [0.29, 0.717) is 18.2 Å². The average molecular weight is 366 g/mol. The van der Waals surface area contributed by atoms with Crippen LogP contribution in [0.2, 0.25) is 0 Å². The summed E-state index contributed by atoms with van der Waals surface area (Å²) in [5, 5.41) is 13.5. The number of para-hydroxylation sites is 1. The van der Waals surface area contributed by atoms with Crippen LogP contribution >= 0.6 is 0 Å². The summed E-state index contributed by atoms with van der Waals surface area (Å²) in [6.45, 7) is 2.47. The second-order valence-electron chi connectivity index (χ2n) is 5.52. The Bertz CT molecular complexity index is 1080. The Labute approximate surface area is 153 Å². The lowest BCUT2D eigenvalue weighted by molar-refractivity contribution is 0.314. The molecular formula is C18H15FN6O2. The van der Waals surface area contributed by atoms with E-state index in [-0.39, 0.29) is 22.8 Å². The lowest BCUT2D eigenvalue weighted by Crippen LogP contribution is -2.04. The van der Waals surface area contributed by atoms with Gasteiger partial charge in [0.2, 0.25) is 11.3 Å². The van der Waals surface area contributed by atoms with Crippen molar-refractivity contribution in [2.24, 2.45) is 0 Å². The van der Waals surface area contributed by atoms with Crippen molar-refractivity contribution in [1.29, 1.82) is 0 Å². The van der Waals surface area contributed by atoms with Crippen LogP contribution in [0.15, 0.2) is 53.2 Å². The zero-order valence-electron chi connectivity index (χ0n) is 14.3. The van der Waals surface area contributed by atoms with Gasteiger partial charge >= 0.3 is 0 Å². The van der Waals surface area contributed by atoms with Gasteiger partial charge in [-0.05, 0) is 41.5 Å². The first-order valence-electron chi connectivity index (χ1n) is 8.24. The Hall–Kier alpha value is -3.75. The molecule has 0 atom stereocenters. The van der Waals surface area contributed by atoms with Crippen molar-refractivity contribution in [2.75, 3.05) is 17.2 Å². The molecule has 136 valence electrons. The number of halogens is 1. The first kappa shape index (κ1) is 16.7. The molecule has 0 aliphatic carbocycles. The van der Waals surface area contributed by atoms with Gasteiger partial charge in [0.15, 0.2) is 11.6 Å². The maximum absolute atomic E-state index is 14.0. The molecule has 0 spiro atoms. The fraction of sp³-hybridized carbons (Fsp3) is 0.111. The van der Waals surface area contributed by atoms with Crippen LogP contribution < -0.4 is 15.4 Å². The van der Waals surface area contributed by atoms with Crippen molar-refractivity contribution in [3.8, 4) is 5.75 Å². The summed E-state index contributed by atoms with van der Waals surface area (Å²) in [5.74, 6) is 0.922. The summed E-state index contributed by atoms with van der Waals surface area (Å²) < 4.78 is 24.2. The molecule has 0 saturated carbocycles. The van der Waals surface area contributed by atoms with Gasteiger partial charge in [0.25, 0.3) is 0 Å². The van der Waals surface area contributed by atoms with Crippen LogP contribution in [0.25, 0.3) is 11.3 Å². The first-order chi connectivity index (χ1) is 13.2. The highest BCUT2D eigenvalue weighted by atomic mass is 19.1. The zero-order chi connectivity index (χ0) is 18.6. The molecular weight excluding hydrogens is 351 g/mol. The smallest absolute Gasteiger partial charge is 0.245 e. The van der Waals surface area contributed by atoms with Crippen molar-refractivity contribution in [3.63, 3.8) is 0 Å². The molecule has 0 aliphatic heterocycles. The van der Waals surface area contributed by atoms with Crippen molar-refractivity contribution < 1.29 is 13.8 Å². The minimum Gasteiger partial charge on any atom is -0.494 e. The predicted octanol–water partition coefficient (Wildman–Crippen LogP) is 4.04. The molecule has 2 aromatic carbocycles. The maximum atomic E-state index is 14.0. The lowest BCUT2D eigenvalue weighted by atomic mass is 10.3. The van der Waals surface area contributed by atoms with Gasteiger partial charge in [0.05, 0.1) is 12.3 Å². The fourth-order valence-electron chi connectivity index (χ4n) is 2.47. The van der Waals surface area contributed by atoms with Crippen LogP contribution in [-0.2, 0) is 0 Å². The molecule has 2 N–H and O–H groups in total. The Morgan fingerprint density at radius 1 is 0.963 bits per heavy atom. The van der Waals surface area contributed by atoms with E-state index in [1.54, 1.807) is 18.2 Å². The SMILES string of the molecule is CCOc1cccc(Nc2nc3nonc3nc2Nc2ccccc2F)c1. The monoisotopic (exact) mass is 366 g/mol. The van der Waals surface area contributed by atoms with Crippen LogP contribution in [0.3, 0.4) is 0 Å². The van der Waals surface area contributed by atoms with Gasteiger partial charge in [-0.2, -0.15) is 0 Å². The van der Waals surface area contributed by atoms with E-state index in [1.807, 2.05) is 31.2 Å². The largest absolute Gasteiger partial charge is 0.494 e. The summed E-state index contributed by atoms with van der Waals surface area (Å²) in [6.07, 6.45) is 0. The molecule has 0 saturated heterocycles. The van der Waals surface area contributed by atoms with Gasteiger partial charge in [-0.15, -0.1) is 0 Å². The molecule has 0 aliphatic rings. The van der Waals surface area contributed by atoms with Gasteiger partial charge in [-0.1, -0.05) is 18.2 Å². The molecule has 27 heavy (non-hydrogen) atoms. The Kier molecular flexibility index (Phi) is 4.48. The molecule has 4 rings (SSSR count). The second kappa shape index (κ2) is 7.24. The molecule has 2 heterocycles. The molecule has 0 radical (unpaired) electrons. The summed E-state index contributed by atoms with van der Waals surface area (Å²) >= 11 is 0. The second-order valence-corrected chi connectivity index (χ2v) is 5.52. The number of rotatable bonds is 6. The zero-order valence-corrected chi connectivity index (χ0v) is 14.3. The van der Waals surface area contributed by atoms with E-state index < -0.39 is 5.82 Å². The van der Waals surface area contributed by atoms with E-state index in [0.717, 1.165) is 5.69 Å². The number of anilines is 4. The molecule has 8 nitrogen and oxygen atoms in total. The first-order valence-corrected chi connectivity index (χ1v) is 8.24. The van der Waals surface area contributed by atoms with E-state index in [9.17, 15) is 4.39 Å². The average Bonchev–Trinajstić information content (AvgIpc) is 3.11. The normalized spacial score (nSPS) is 10.7. The molecule has 2 aromatic heterocycles. The topological polar surface area (TPSA) is 98.0 Å². The number of hydrogen-bond donors (Lipinski definition) is 2. The fourth-order valence-corrected chi connectivity index (χ4v) is 2.47. The Balaban J connectivity index is 1.72. The molecule has 4 aromatic rings. The third kappa shape index (κ3) is 3.61. The van der Waals surface area contributed by atoms with Crippen molar-refractivity contribution in [1.82, 2.24) is 20.3 Å². The van der Waals surface area contributed by atoms with E-state index >= 15 is 0 Å². The summed E-state index contributed by atoms with van der Waals surface area (Å²) in [6, 6.07) is 13.6. The van der Waals surface area contributed by atoms with E-state index in [4.69, 9.17) is 4.74 Å². The van der Waals surface area contributed by atoms with Gasteiger partial charge in [0.1, 0.15) is 11.6 Å². The van der Waals surface area contributed by atoms with Crippen LogP contribution in [-0.4, -0.2) is 26.9 Å². The van der Waals surface area contributed by atoms with E-state index in [1.165, 1.54) is 6.07 Å². The molecule has 0 fully saturated rings. The number of ether oxygens (including phenoxy) is 1. The quantitative estimate of drug-likeness (QED) is 0.528. The van der Waals surface area contributed by atoms with Crippen molar-refractivity contribution in [2.45, 2.75) is 6.92 Å². The van der Waals surface area contributed by atoms with Crippen molar-refractivity contribution >= 4 is 34.3 Å². The van der Waals surface area contributed by atoms with Crippen molar-refractivity contribution in [3.05, 3.63) is 54.3 Å². The standard InChI is InChI=1S/C18H15FN6O2/c1-2-26-12-7-5-6-11(10-12)20-15-16(21-14-9-4-3-8-13(14)19)23-18-17(22-15)24-27-25-18/h3-10H,2H2,1H3,(H,20,22,24)(H,21,23,25). The minimum atomic E-state index is -0.415. The van der Waals surface area contributed by atoms with Gasteiger partial charge in [-0.25, -0.2) is 19.0 Å². The van der Waals surface area contributed by atoms with Crippen LogP contribution in [0.1, 0.15) is 6.92 Å². The van der Waals surface area contributed by atoms with Gasteiger partial charge in [0, 0.05) is 11.8 Å².